The summed E-state index contributed by atoms with van der Waals surface area (Å²) in [6, 6.07) is 30.7. The Morgan fingerprint density at radius 1 is 0.795 bits per heavy atom. The van der Waals surface area contributed by atoms with Gasteiger partial charge in [-0.15, -0.1) is 11.3 Å². The summed E-state index contributed by atoms with van der Waals surface area (Å²) in [5, 5.41) is 3.50. The van der Waals surface area contributed by atoms with Crippen molar-refractivity contribution in [2.45, 2.75) is 46.5 Å². The second-order valence-electron chi connectivity index (χ2n) is 11.1. The van der Waals surface area contributed by atoms with Gasteiger partial charge in [0.05, 0.1) is 16.7 Å². The predicted octanol–water partition coefficient (Wildman–Crippen LogP) is 10.9. The number of aromatic nitrogens is 2. The van der Waals surface area contributed by atoms with Crippen molar-refractivity contribution in [3.63, 3.8) is 0 Å². The molecule has 0 saturated carbocycles. The first-order valence-corrected chi connectivity index (χ1v) is 14.6. The lowest BCUT2D eigenvalue weighted by Crippen LogP contribution is -2.09. The number of benzene rings is 4. The van der Waals surface area contributed by atoms with Crippen molar-refractivity contribution in [1.82, 2.24) is 9.55 Å². The molecule has 0 aliphatic rings. The lowest BCUT2D eigenvalue weighted by Gasteiger charge is -2.24. The van der Waals surface area contributed by atoms with Crippen LogP contribution in [0, 0.1) is 0 Å². The van der Waals surface area contributed by atoms with E-state index in [9.17, 15) is 0 Å². The number of thiophene rings is 1. The van der Waals surface area contributed by atoms with Crippen molar-refractivity contribution in [3.05, 3.63) is 114 Å². The second-order valence-corrected chi connectivity index (χ2v) is 12.0. The number of fused-ring (bicyclic) bond motifs is 2. The third-order valence-corrected chi connectivity index (χ3v) is 8.58. The molecule has 0 unspecified atom stereocenters. The summed E-state index contributed by atoms with van der Waals surface area (Å²) in [5.41, 5.74) is 12.0. The maximum Gasteiger partial charge on any atom is 0.147 e. The van der Waals surface area contributed by atoms with E-state index in [1.807, 2.05) is 0 Å². The molecule has 4 aromatic carbocycles. The SMILES string of the molecule is C=C(C)c1ccc2scc(-c3nc4ccccc4n3-c3c(C(C)C)cc(-c4ccccc4)cc3C(C)C)c2c1. The Kier molecular flexibility index (Phi) is 6.48. The van der Waals surface area contributed by atoms with E-state index in [0.717, 1.165) is 22.4 Å². The summed E-state index contributed by atoms with van der Waals surface area (Å²) in [4.78, 5) is 5.28. The lowest BCUT2D eigenvalue weighted by molar-refractivity contribution is 0.812. The van der Waals surface area contributed by atoms with Crippen molar-refractivity contribution in [2.24, 2.45) is 0 Å². The first-order chi connectivity index (χ1) is 18.8. The van der Waals surface area contributed by atoms with Crippen LogP contribution in [0.15, 0.2) is 96.9 Å². The van der Waals surface area contributed by atoms with Gasteiger partial charge in [-0.25, -0.2) is 4.98 Å². The van der Waals surface area contributed by atoms with E-state index in [1.54, 1.807) is 11.3 Å². The largest absolute Gasteiger partial charge is 0.292 e. The predicted molar refractivity (Wildman–Crippen MR) is 170 cm³/mol. The number of hydrogen-bond donors (Lipinski definition) is 0. The topological polar surface area (TPSA) is 17.8 Å². The summed E-state index contributed by atoms with van der Waals surface area (Å²) < 4.78 is 3.70. The van der Waals surface area contributed by atoms with Crippen LogP contribution in [-0.4, -0.2) is 9.55 Å². The number of imidazole rings is 1. The van der Waals surface area contributed by atoms with E-state index in [4.69, 9.17) is 4.98 Å². The molecule has 0 amide bonds. The van der Waals surface area contributed by atoms with Gasteiger partial charge in [-0.3, -0.25) is 4.57 Å². The van der Waals surface area contributed by atoms with Gasteiger partial charge in [-0.1, -0.05) is 88.4 Å². The highest BCUT2D eigenvalue weighted by atomic mass is 32.1. The molecule has 2 aromatic heterocycles. The van der Waals surface area contributed by atoms with Crippen LogP contribution in [0.5, 0.6) is 0 Å². The summed E-state index contributed by atoms with van der Waals surface area (Å²) in [5.74, 6) is 1.67. The highest BCUT2D eigenvalue weighted by molar-refractivity contribution is 7.17. The van der Waals surface area contributed by atoms with Crippen LogP contribution in [0.2, 0.25) is 0 Å². The molecular weight excluding hydrogens is 492 g/mol. The van der Waals surface area contributed by atoms with Crippen molar-refractivity contribution < 1.29 is 0 Å². The highest BCUT2D eigenvalue weighted by Gasteiger charge is 2.24. The first-order valence-electron chi connectivity index (χ1n) is 13.7. The zero-order valence-electron chi connectivity index (χ0n) is 23.3. The summed E-state index contributed by atoms with van der Waals surface area (Å²) >= 11 is 1.78. The van der Waals surface area contributed by atoms with E-state index in [1.165, 1.54) is 49.2 Å². The van der Waals surface area contributed by atoms with Crippen molar-refractivity contribution in [3.8, 4) is 28.2 Å². The molecule has 0 spiro atoms. The molecule has 0 aliphatic heterocycles. The Labute approximate surface area is 235 Å². The summed E-state index contributed by atoms with van der Waals surface area (Å²) in [6.07, 6.45) is 0. The minimum atomic E-state index is 0.337. The average molecular weight is 527 g/mol. The Morgan fingerprint density at radius 3 is 2.13 bits per heavy atom. The van der Waals surface area contributed by atoms with Crippen LogP contribution in [0.3, 0.4) is 0 Å². The van der Waals surface area contributed by atoms with Crippen molar-refractivity contribution >= 4 is 38.0 Å². The normalized spacial score (nSPS) is 11.8. The molecule has 6 aromatic rings. The van der Waals surface area contributed by atoms with Crippen LogP contribution >= 0.6 is 11.3 Å². The molecule has 2 heterocycles. The molecule has 0 saturated heterocycles. The fraction of sp³-hybridized carbons (Fsp3) is 0.194. The van der Waals surface area contributed by atoms with E-state index in [0.29, 0.717) is 11.8 Å². The fourth-order valence-electron chi connectivity index (χ4n) is 5.52. The number of rotatable bonds is 6. The van der Waals surface area contributed by atoms with Crippen LogP contribution < -0.4 is 0 Å². The molecule has 0 bridgehead atoms. The summed E-state index contributed by atoms with van der Waals surface area (Å²) in [6.45, 7) is 15.5. The molecule has 0 atom stereocenters. The van der Waals surface area contributed by atoms with Gasteiger partial charge in [-0.05, 0) is 83.0 Å². The standard InChI is InChI=1S/C36H34N2S/c1-22(2)26-16-17-34-30(18-26)31(21-39-34)36-37-32-14-10-11-15-33(32)38(36)35-28(23(3)4)19-27(20-29(35)24(5)6)25-12-8-7-9-13-25/h7-21,23-24H,1H2,2-6H3. The molecule has 39 heavy (non-hydrogen) atoms. The zero-order chi connectivity index (χ0) is 27.3. The van der Waals surface area contributed by atoms with Gasteiger partial charge in [0.15, 0.2) is 0 Å². The van der Waals surface area contributed by atoms with Crippen LogP contribution in [0.4, 0.5) is 0 Å². The van der Waals surface area contributed by atoms with Gasteiger partial charge in [0.1, 0.15) is 5.82 Å². The number of allylic oxidation sites excluding steroid dienone is 1. The van der Waals surface area contributed by atoms with E-state index < -0.39 is 0 Å². The number of para-hydroxylation sites is 2. The highest BCUT2D eigenvalue weighted by Crippen LogP contribution is 2.42. The average Bonchev–Trinajstić information content (AvgIpc) is 3.53. The zero-order valence-corrected chi connectivity index (χ0v) is 24.1. The molecule has 2 nitrogen and oxygen atoms in total. The van der Waals surface area contributed by atoms with Gasteiger partial charge in [0.2, 0.25) is 0 Å². The van der Waals surface area contributed by atoms with Gasteiger partial charge in [0, 0.05) is 21.0 Å². The summed E-state index contributed by atoms with van der Waals surface area (Å²) in [7, 11) is 0. The quantitative estimate of drug-likeness (QED) is 0.211. The molecule has 0 fully saturated rings. The minimum Gasteiger partial charge on any atom is -0.292 e. The Balaban J connectivity index is 1.71. The van der Waals surface area contributed by atoms with Gasteiger partial charge >= 0.3 is 0 Å². The molecular formula is C36H34N2S. The Hall–Kier alpha value is -3.95. The maximum atomic E-state index is 5.28. The monoisotopic (exact) mass is 526 g/mol. The minimum absolute atomic E-state index is 0.337. The molecule has 6 rings (SSSR count). The van der Waals surface area contributed by atoms with Crippen LogP contribution in [-0.2, 0) is 0 Å². The van der Waals surface area contributed by atoms with E-state index in [2.05, 4.69) is 136 Å². The van der Waals surface area contributed by atoms with E-state index in [-0.39, 0.29) is 0 Å². The first kappa shape index (κ1) is 25.3. The fourth-order valence-corrected chi connectivity index (χ4v) is 6.44. The van der Waals surface area contributed by atoms with Crippen LogP contribution in [0.1, 0.15) is 63.1 Å². The second kappa shape index (κ2) is 9.98. The molecule has 0 N–H and O–H groups in total. The van der Waals surface area contributed by atoms with Gasteiger partial charge in [0.25, 0.3) is 0 Å². The smallest absolute Gasteiger partial charge is 0.147 e. The Morgan fingerprint density at radius 2 is 1.46 bits per heavy atom. The third kappa shape index (κ3) is 4.41. The van der Waals surface area contributed by atoms with Crippen molar-refractivity contribution in [1.29, 1.82) is 0 Å². The number of hydrogen-bond acceptors (Lipinski definition) is 2. The number of nitrogens with zero attached hydrogens (tertiary/aromatic N) is 2. The Bertz CT molecular complexity index is 1800. The molecule has 3 heteroatoms. The third-order valence-electron chi connectivity index (χ3n) is 7.61. The van der Waals surface area contributed by atoms with Crippen molar-refractivity contribution in [2.75, 3.05) is 0 Å². The maximum absolute atomic E-state index is 5.28. The molecule has 194 valence electrons. The van der Waals surface area contributed by atoms with Gasteiger partial charge in [-0.2, -0.15) is 0 Å². The van der Waals surface area contributed by atoms with Gasteiger partial charge < -0.3 is 0 Å². The van der Waals surface area contributed by atoms with E-state index >= 15 is 0 Å². The van der Waals surface area contributed by atoms with Crippen LogP contribution in [0.25, 0.3) is 54.9 Å². The molecule has 0 radical (unpaired) electrons. The lowest BCUT2D eigenvalue weighted by atomic mass is 9.88. The molecule has 0 aliphatic carbocycles.